The van der Waals surface area contributed by atoms with Gasteiger partial charge in [-0.25, -0.2) is 0 Å². The lowest BCUT2D eigenvalue weighted by molar-refractivity contribution is 1.16. The second-order valence-corrected chi connectivity index (χ2v) is 15.4. The fourth-order valence-corrected chi connectivity index (χ4v) is 9.85. The van der Waals surface area contributed by atoms with Crippen molar-refractivity contribution in [1.82, 2.24) is 13.7 Å². The van der Waals surface area contributed by atoms with Crippen molar-refractivity contribution in [3.05, 3.63) is 200 Å². The van der Waals surface area contributed by atoms with Crippen molar-refractivity contribution in [2.75, 3.05) is 0 Å². The van der Waals surface area contributed by atoms with Crippen molar-refractivity contribution in [3.63, 3.8) is 0 Å². The molecule has 0 unspecified atom stereocenters. The van der Waals surface area contributed by atoms with Crippen molar-refractivity contribution >= 4 is 97.7 Å². The van der Waals surface area contributed by atoms with E-state index in [1.165, 1.54) is 103 Å². The number of benzene rings is 10. The maximum absolute atomic E-state index is 2.47. The highest BCUT2D eigenvalue weighted by atomic mass is 15.0. The first-order chi connectivity index (χ1) is 28.3. The summed E-state index contributed by atoms with van der Waals surface area (Å²) in [7, 11) is 0. The first-order valence-electron chi connectivity index (χ1n) is 19.7. The molecule has 0 atom stereocenters. The lowest BCUT2D eigenvalue weighted by Gasteiger charge is -2.12. The average Bonchev–Trinajstić information content (AvgIpc) is 3.90. The van der Waals surface area contributed by atoms with Crippen LogP contribution in [0.4, 0.5) is 0 Å². The molecule has 10 aromatic carbocycles. The highest BCUT2D eigenvalue weighted by molar-refractivity contribution is 6.29. The van der Waals surface area contributed by atoms with Crippen molar-refractivity contribution in [1.29, 1.82) is 0 Å². The van der Waals surface area contributed by atoms with Gasteiger partial charge in [0, 0.05) is 49.4 Å². The minimum Gasteiger partial charge on any atom is -0.309 e. The second-order valence-electron chi connectivity index (χ2n) is 15.4. The molecule has 13 rings (SSSR count). The Morgan fingerprint density at radius 1 is 0.211 bits per heavy atom. The summed E-state index contributed by atoms with van der Waals surface area (Å²) in [4.78, 5) is 0. The Morgan fingerprint density at radius 3 is 1.25 bits per heavy atom. The fraction of sp³-hybridized carbons (Fsp3) is 0. The Hall–Kier alpha value is -7.62. The largest absolute Gasteiger partial charge is 0.309 e. The lowest BCUT2D eigenvalue weighted by Crippen LogP contribution is -1.96. The summed E-state index contributed by atoms with van der Waals surface area (Å²) in [6, 6.07) is 73.8. The van der Waals surface area contributed by atoms with E-state index in [1.807, 2.05) is 0 Å². The normalized spacial score (nSPS) is 12.2. The van der Waals surface area contributed by atoms with Crippen LogP contribution in [0.25, 0.3) is 115 Å². The smallest absolute Gasteiger partial charge is 0.0548 e. The van der Waals surface area contributed by atoms with Crippen molar-refractivity contribution in [2.24, 2.45) is 0 Å². The van der Waals surface area contributed by atoms with Crippen LogP contribution in [0.5, 0.6) is 0 Å². The Labute approximate surface area is 327 Å². The van der Waals surface area contributed by atoms with Crippen LogP contribution in [0.1, 0.15) is 0 Å². The maximum Gasteiger partial charge on any atom is 0.0548 e. The van der Waals surface area contributed by atoms with Gasteiger partial charge in [-0.05, 0) is 129 Å². The maximum atomic E-state index is 2.47. The van der Waals surface area contributed by atoms with E-state index in [-0.39, 0.29) is 0 Å². The number of hydrogen-bond donors (Lipinski definition) is 0. The number of fused-ring (bicyclic) bond motifs is 13. The van der Waals surface area contributed by atoms with Gasteiger partial charge < -0.3 is 13.7 Å². The van der Waals surface area contributed by atoms with Gasteiger partial charge in [0.2, 0.25) is 0 Å². The molecule has 0 N–H and O–H groups in total. The van der Waals surface area contributed by atoms with Crippen LogP contribution >= 0.6 is 0 Å². The Balaban J connectivity index is 1.06. The topological polar surface area (TPSA) is 14.8 Å². The molecule has 57 heavy (non-hydrogen) atoms. The molecule has 0 saturated heterocycles. The third-order valence-corrected chi connectivity index (χ3v) is 12.3. The molecule has 0 spiro atoms. The van der Waals surface area contributed by atoms with Crippen LogP contribution in [0.2, 0.25) is 0 Å². The van der Waals surface area contributed by atoms with Gasteiger partial charge in [0.05, 0.1) is 33.1 Å². The molecule has 0 radical (unpaired) electrons. The summed E-state index contributed by atoms with van der Waals surface area (Å²) >= 11 is 0. The third kappa shape index (κ3) is 4.31. The van der Waals surface area contributed by atoms with E-state index in [0.717, 1.165) is 11.4 Å². The molecule has 0 saturated carbocycles. The lowest BCUT2D eigenvalue weighted by atomic mass is 9.99. The van der Waals surface area contributed by atoms with Crippen LogP contribution in [0.3, 0.4) is 0 Å². The molecular weight excluding hydrogens is 691 g/mol. The third-order valence-electron chi connectivity index (χ3n) is 12.3. The van der Waals surface area contributed by atoms with Gasteiger partial charge in [0.15, 0.2) is 0 Å². The minimum atomic E-state index is 1.15. The zero-order chi connectivity index (χ0) is 37.2. The van der Waals surface area contributed by atoms with Crippen molar-refractivity contribution in [3.8, 4) is 17.1 Å². The molecule has 0 aliphatic carbocycles. The molecule has 0 bridgehead atoms. The van der Waals surface area contributed by atoms with Gasteiger partial charge in [0.1, 0.15) is 0 Å². The van der Waals surface area contributed by atoms with Gasteiger partial charge in [-0.3, -0.25) is 0 Å². The second kappa shape index (κ2) is 11.5. The van der Waals surface area contributed by atoms with Crippen LogP contribution in [0.15, 0.2) is 200 Å². The van der Waals surface area contributed by atoms with Crippen molar-refractivity contribution in [2.45, 2.75) is 0 Å². The number of para-hydroxylation sites is 4. The molecule has 264 valence electrons. The van der Waals surface area contributed by atoms with E-state index in [9.17, 15) is 0 Å². The summed E-state index contributed by atoms with van der Waals surface area (Å²) in [6.07, 6.45) is 0. The standard InChI is InChI=1S/C54H33N3/c1-2-14-40(15-3-1)55-47-19-9-6-16-43(47)46-33-42(24-25-50(46)55)57-49-21-11-8-18-45(49)54-52(57)27-26-51-53(54)44-17-7-10-20-48(44)56(51)41-23-22-36-30-37-28-34-12-4-5-13-35(34)29-38(37)31-39(36)32-41/h1-33H. The van der Waals surface area contributed by atoms with Crippen LogP contribution in [0, 0.1) is 0 Å². The zero-order valence-corrected chi connectivity index (χ0v) is 30.9. The van der Waals surface area contributed by atoms with Crippen LogP contribution < -0.4 is 0 Å². The Bertz CT molecular complexity index is 3800. The van der Waals surface area contributed by atoms with Crippen LogP contribution in [-0.4, -0.2) is 13.7 Å². The monoisotopic (exact) mass is 723 g/mol. The molecule has 0 aliphatic heterocycles. The quantitative estimate of drug-likeness (QED) is 0.161. The highest BCUT2D eigenvalue weighted by Gasteiger charge is 2.21. The first-order valence-corrected chi connectivity index (χ1v) is 19.7. The summed E-state index contributed by atoms with van der Waals surface area (Å²) in [5.41, 5.74) is 10.7. The molecular formula is C54H33N3. The van der Waals surface area contributed by atoms with E-state index >= 15 is 0 Å². The van der Waals surface area contributed by atoms with E-state index in [2.05, 4.69) is 214 Å². The molecule has 13 aromatic rings. The van der Waals surface area contributed by atoms with E-state index in [4.69, 9.17) is 0 Å². The van der Waals surface area contributed by atoms with Gasteiger partial charge in [-0.1, -0.05) is 103 Å². The highest BCUT2D eigenvalue weighted by Crippen LogP contribution is 2.43. The molecule has 3 aromatic heterocycles. The summed E-state index contributed by atoms with van der Waals surface area (Å²) in [5, 5.41) is 15.1. The molecule has 0 fully saturated rings. The van der Waals surface area contributed by atoms with E-state index in [0.29, 0.717) is 0 Å². The molecule has 3 heteroatoms. The summed E-state index contributed by atoms with van der Waals surface area (Å²) < 4.78 is 7.32. The van der Waals surface area contributed by atoms with Crippen molar-refractivity contribution < 1.29 is 0 Å². The van der Waals surface area contributed by atoms with E-state index < -0.39 is 0 Å². The number of rotatable bonds is 3. The summed E-state index contributed by atoms with van der Waals surface area (Å²) in [5.74, 6) is 0. The molecule has 0 aliphatic rings. The van der Waals surface area contributed by atoms with E-state index in [1.54, 1.807) is 0 Å². The predicted octanol–water partition coefficient (Wildman–Crippen LogP) is 14.4. The first kappa shape index (κ1) is 30.7. The van der Waals surface area contributed by atoms with Crippen LogP contribution in [-0.2, 0) is 0 Å². The zero-order valence-electron chi connectivity index (χ0n) is 30.9. The molecule has 0 amide bonds. The van der Waals surface area contributed by atoms with Gasteiger partial charge in [0.25, 0.3) is 0 Å². The fourth-order valence-electron chi connectivity index (χ4n) is 9.85. The SMILES string of the molecule is c1ccc(-n2c3ccccc3c3cc(-n4c5ccccc5c5c6c7ccccc7n(-c7ccc8cc9cc%10ccccc%10cc9cc8c7)c6ccc54)ccc32)cc1. The Morgan fingerprint density at radius 2 is 0.614 bits per heavy atom. The number of hydrogen-bond acceptors (Lipinski definition) is 0. The number of nitrogens with zero attached hydrogens (tertiary/aromatic N) is 3. The average molecular weight is 724 g/mol. The van der Waals surface area contributed by atoms with Gasteiger partial charge in [-0.15, -0.1) is 0 Å². The molecule has 3 nitrogen and oxygen atoms in total. The Kier molecular flexibility index (Phi) is 6.16. The predicted molar refractivity (Wildman–Crippen MR) is 242 cm³/mol. The van der Waals surface area contributed by atoms with Gasteiger partial charge in [-0.2, -0.15) is 0 Å². The summed E-state index contributed by atoms with van der Waals surface area (Å²) in [6.45, 7) is 0. The minimum absolute atomic E-state index is 1.15. The number of aromatic nitrogens is 3. The van der Waals surface area contributed by atoms with Gasteiger partial charge >= 0.3 is 0 Å². The molecule has 3 heterocycles.